The summed E-state index contributed by atoms with van der Waals surface area (Å²) in [4.78, 5) is 26.7. The maximum Gasteiger partial charge on any atom is 0.224 e. The standard InChI is InChI=1S/C21H31N3O3.ClH/c1-3-27-19-7-5-4-6-17(19)18(23-16(2)25)14-20(26)24-12-9-21(10-13-24)8-11-22-15-21;/h4-7,18,22H,3,8-15H2,1-2H3,(H,23,25);1H. The molecule has 2 saturated heterocycles. The van der Waals surface area contributed by atoms with Gasteiger partial charge in [0, 0.05) is 32.1 Å². The van der Waals surface area contributed by atoms with Gasteiger partial charge in [0.25, 0.3) is 0 Å². The fourth-order valence-electron chi connectivity index (χ4n) is 4.30. The lowest BCUT2D eigenvalue weighted by atomic mass is 9.78. The minimum absolute atomic E-state index is 0. The Balaban J connectivity index is 0.00000280. The first kappa shape index (κ1) is 22.5. The van der Waals surface area contributed by atoms with Gasteiger partial charge < -0.3 is 20.3 Å². The molecule has 2 N–H and O–H groups in total. The number of benzene rings is 1. The van der Waals surface area contributed by atoms with Crippen LogP contribution in [0.3, 0.4) is 0 Å². The van der Waals surface area contributed by atoms with Crippen LogP contribution in [0.5, 0.6) is 5.75 Å². The molecule has 2 amide bonds. The first-order chi connectivity index (χ1) is 13.0. The number of nitrogens with one attached hydrogen (secondary N) is 2. The van der Waals surface area contributed by atoms with Gasteiger partial charge in [0.2, 0.25) is 11.8 Å². The van der Waals surface area contributed by atoms with E-state index in [0.29, 0.717) is 12.0 Å². The van der Waals surface area contributed by atoms with Gasteiger partial charge in [0.15, 0.2) is 0 Å². The van der Waals surface area contributed by atoms with Gasteiger partial charge in [0.05, 0.1) is 19.1 Å². The Morgan fingerprint density at radius 1 is 1.25 bits per heavy atom. The zero-order valence-corrected chi connectivity index (χ0v) is 17.6. The minimum atomic E-state index is -0.373. The number of rotatable bonds is 6. The minimum Gasteiger partial charge on any atom is -0.494 e. The van der Waals surface area contributed by atoms with Gasteiger partial charge in [-0.25, -0.2) is 0 Å². The smallest absolute Gasteiger partial charge is 0.224 e. The lowest BCUT2D eigenvalue weighted by Crippen LogP contribution is -2.45. The van der Waals surface area contributed by atoms with Gasteiger partial charge >= 0.3 is 0 Å². The molecule has 6 nitrogen and oxygen atoms in total. The van der Waals surface area contributed by atoms with Crippen molar-refractivity contribution in [1.82, 2.24) is 15.5 Å². The first-order valence-corrected chi connectivity index (χ1v) is 10.0. The number of carbonyl (C=O) groups excluding carboxylic acids is 2. The van der Waals surface area contributed by atoms with Crippen LogP contribution in [-0.4, -0.2) is 49.5 Å². The van der Waals surface area contributed by atoms with E-state index in [-0.39, 0.29) is 36.7 Å². The van der Waals surface area contributed by atoms with E-state index in [1.807, 2.05) is 36.1 Å². The highest BCUT2D eigenvalue weighted by Crippen LogP contribution is 2.37. The van der Waals surface area contributed by atoms with Crippen molar-refractivity contribution >= 4 is 24.2 Å². The summed E-state index contributed by atoms with van der Waals surface area (Å²) in [6.07, 6.45) is 3.60. The van der Waals surface area contributed by atoms with Crippen molar-refractivity contribution in [2.75, 3.05) is 32.8 Å². The highest BCUT2D eigenvalue weighted by molar-refractivity contribution is 5.85. The largest absolute Gasteiger partial charge is 0.494 e. The molecule has 28 heavy (non-hydrogen) atoms. The second-order valence-corrected chi connectivity index (χ2v) is 7.74. The number of para-hydroxylation sites is 1. The first-order valence-electron chi connectivity index (χ1n) is 10.0. The van der Waals surface area contributed by atoms with Crippen molar-refractivity contribution in [3.8, 4) is 5.75 Å². The summed E-state index contributed by atoms with van der Waals surface area (Å²) >= 11 is 0. The van der Waals surface area contributed by atoms with Crippen molar-refractivity contribution in [3.63, 3.8) is 0 Å². The predicted octanol–water partition coefficient (Wildman–Crippen LogP) is 2.68. The molecule has 1 spiro atoms. The van der Waals surface area contributed by atoms with Gasteiger partial charge in [0.1, 0.15) is 5.75 Å². The number of halogens is 1. The molecule has 3 rings (SSSR count). The quantitative estimate of drug-likeness (QED) is 0.757. The van der Waals surface area contributed by atoms with E-state index in [2.05, 4.69) is 10.6 Å². The van der Waals surface area contributed by atoms with Crippen molar-refractivity contribution in [2.45, 2.75) is 45.6 Å². The van der Waals surface area contributed by atoms with Gasteiger partial charge in [-0.3, -0.25) is 9.59 Å². The second-order valence-electron chi connectivity index (χ2n) is 7.74. The van der Waals surface area contributed by atoms with E-state index in [9.17, 15) is 9.59 Å². The topological polar surface area (TPSA) is 70.7 Å². The number of likely N-dealkylation sites (tertiary alicyclic amines) is 1. The van der Waals surface area contributed by atoms with Crippen LogP contribution in [0.4, 0.5) is 0 Å². The van der Waals surface area contributed by atoms with Crippen LogP contribution in [-0.2, 0) is 9.59 Å². The molecule has 2 aliphatic rings. The highest BCUT2D eigenvalue weighted by Gasteiger charge is 2.38. The summed E-state index contributed by atoms with van der Waals surface area (Å²) in [7, 11) is 0. The third-order valence-electron chi connectivity index (χ3n) is 5.86. The highest BCUT2D eigenvalue weighted by atomic mass is 35.5. The van der Waals surface area contributed by atoms with Gasteiger partial charge in [-0.05, 0) is 44.2 Å². The summed E-state index contributed by atoms with van der Waals surface area (Å²) in [5.74, 6) is 0.677. The van der Waals surface area contributed by atoms with Crippen LogP contribution in [0.1, 0.15) is 51.1 Å². The monoisotopic (exact) mass is 409 g/mol. The van der Waals surface area contributed by atoms with E-state index in [1.165, 1.54) is 13.3 Å². The molecule has 2 fully saturated rings. The molecule has 156 valence electrons. The number of hydrogen-bond acceptors (Lipinski definition) is 4. The Morgan fingerprint density at radius 3 is 2.57 bits per heavy atom. The SMILES string of the molecule is CCOc1ccccc1C(CC(=O)N1CCC2(CCNC2)CC1)NC(C)=O.Cl. The molecule has 1 atom stereocenters. The second kappa shape index (κ2) is 10.1. The van der Waals surface area contributed by atoms with E-state index < -0.39 is 0 Å². The lowest BCUT2D eigenvalue weighted by molar-refractivity contribution is -0.134. The third kappa shape index (κ3) is 5.39. The van der Waals surface area contributed by atoms with E-state index in [4.69, 9.17) is 4.74 Å². The molecular weight excluding hydrogens is 378 g/mol. The number of piperidine rings is 1. The van der Waals surface area contributed by atoms with E-state index in [0.717, 1.165) is 50.3 Å². The van der Waals surface area contributed by atoms with Gasteiger partial charge in [-0.2, -0.15) is 0 Å². The summed E-state index contributed by atoms with van der Waals surface area (Å²) in [5.41, 5.74) is 1.24. The molecule has 1 aromatic rings. The van der Waals surface area contributed by atoms with Crippen LogP contribution in [0.25, 0.3) is 0 Å². The normalized spacial score (nSPS) is 19.0. The van der Waals surface area contributed by atoms with Gasteiger partial charge in [-0.15, -0.1) is 12.4 Å². The maximum absolute atomic E-state index is 13.0. The van der Waals surface area contributed by atoms with Crippen molar-refractivity contribution in [2.24, 2.45) is 5.41 Å². The number of nitrogens with zero attached hydrogens (tertiary/aromatic N) is 1. The van der Waals surface area contributed by atoms with Crippen LogP contribution in [0.15, 0.2) is 24.3 Å². The van der Waals surface area contributed by atoms with Gasteiger partial charge in [-0.1, -0.05) is 18.2 Å². The Bertz CT molecular complexity index is 667. The zero-order valence-electron chi connectivity index (χ0n) is 16.8. The molecule has 0 bridgehead atoms. The molecular formula is C21H32ClN3O3. The molecule has 0 aliphatic carbocycles. The average Bonchev–Trinajstić information content (AvgIpc) is 3.10. The molecule has 7 heteroatoms. The van der Waals surface area contributed by atoms with Crippen LogP contribution in [0.2, 0.25) is 0 Å². The number of hydrogen-bond donors (Lipinski definition) is 2. The van der Waals surface area contributed by atoms with Crippen molar-refractivity contribution < 1.29 is 14.3 Å². The van der Waals surface area contributed by atoms with Crippen LogP contribution < -0.4 is 15.4 Å². The fraction of sp³-hybridized carbons (Fsp3) is 0.619. The molecule has 1 aromatic carbocycles. The maximum atomic E-state index is 13.0. The van der Waals surface area contributed by atoms with Crippen LogP contribution in [0, 0.1) is 5.41 Å². The molecule has 0 radical (unpaired) electrons. The summed E-state index contributed by atoms with van der Waals surface area (Å²) in [6.45, 7) is 7.73. The predicted molar refractivity (Wildman–Crippen MR) is 112 cm³/mol. The summed E-state index contributed by atoms with van der Waals surface area (Å²) < 4.78 is 5.71. The molecule has 2 heterocycles. The molecule has 1 unspecified atom stereocenters. The Kier molecular flexibility index (Phi) is 8.13. The number of ether oxygens (including phenoxy) is 1. The summed E-state index contributed by atoms with van der Waals surface area (Å²) in [5, 5.41) is 6.39. The lowest BCUT2D eigenvalue weighted by Gasteiger charge is -2.39. The Hall–Kier alpha value is -1.79. The third-order valence-corrected chi connectivity index (χ3v) is 5.86. The molecule has 0 aromatic heterocycles. The Morgan fingerprint density at radius 2 is 1.96 bits per heavy atom. The molecule has 2 aliphatic heterocycles. The van der Waals surface area contributed by atoms with Crippen LogP contribution >= 0.6 is 12.4 Å². The zero-order chi connectivity index (χ0) is 19.3. The number of carbonyl (C=O) groups is 2. The summed E-state index contributed by atoms with van der Waals surface area (Å²) in [6, 6.07) is 7.25. The average molecular weight is 410 g/mol. The van der Waals surface area contributed by atoms with Crippen molar-refractivity contribution in [3.05, 3.63) is 29.8 Å². The van der Waals surface area contributed by atoms with E-state index >= 15 is 0 Å². The van der Waals surface area contributed by atoms with E-state index in [1.54, 1.807) is 0 Å². The van der Waals surface area contributed by atoms with Crippen molar-refractivity contribution in [1.29, 1.82) is 0 Å². The molecule has 0 saturated carbocycles. The fourth-order valence-corrected chi connectivity index (χ4v) is 4.30. The Labute approximate surface area is 173 Å². The number of amides is 2.